The van der Waals surface area contributed by atoms with Gasteiger partial charge in [0.25, 0.3) is 0 Å². The van der Waals surface area contributed by atoms with Crippen LogP contribution in [0.4, 0.5) is 0 Å². The van der Waals surface area contributed by atoms with E-state index in [1.807, 2.05) is 17.5 Å². The van der Waals surface area contributed by atoms with E-state index in [0.29, 0.717) is 5.92 Å². The lowest BCUT2D eigenvalue weighted by Crippen LogP contribution is -2.04. The van der Waals surface area contributed by atoms with Crippen LogP contribution < -0.4 is 0 Å². The van der Waals surface area contributed by atoms with Crippen molar-refractivity contribution in [3.63, 3.8) is 0 Å². The first-order valence-electron chi connectivity index (χ1n) is 15.8. The molecule has 3 aromatic heterocycles. The van der Waals surface area contributed by atoms with Gasteiger partial charge in [-0.15, -0.1) is 11.3 Å². The summed E-state index contributed by atoms with van der Waals surface area (Å²) >= 11 is 1.88. The van der Waals surface area contributed by atoms with E-state index in [-0.39, 0.29) is 0 Å². The van der Waals surface area contributed by atoms with Crippen molar-refractivity contribution in [3.05, 3.63) is 133 Å². The van der Waals surface area contributed by atoms with Crippen molar-refractivity contribution >= 4 is 31.5 Å². The van der Waals surface area contributed by atoms with Crippen LogP contribution in [0.15, 0.2) is 121 Å². The Morgan fingerprint density at radius 2 is 1.30 bits per heavy atom. The number of pyridine rings is 2. The van der Waals surface area contributed by atoms with E-state index < -0.39 is 0 Å². The minimum atomic E-state index is 0.686. The molecule has 4 aromatic carbocycles. The first kappa shape index (κ1) is 27.0. The molecule has 2 nitrogen and oxygen atoms in total. The van der Waals surface area contributed by atoms with Gasteiger partial charge in [-0.25, -0.2) is 4.98 Å². The summed E-state index contributed by atoms with van der Waals surface area (Å²) in [5.41, 5.74) is 11.5. The molecule has 8 rings (SSSR count). The summed E-state index contributed by atoms with van der Waals surface area (Å²) in [5, 5.41) is 2.63. The molecule has 0 radical (unpaired) electrons. The fourth-order valence-electron chi connectivity index (χ4n) is 7.00. The number of hydrogen-bond acceptors (Lipinski definition) is 3. The number of fused-ring (bicyclic) bond motifs is 3. The van der Waals surface area contributed by atoms with Crippen molar-refractivity contribution in [2.24, 2.45) is 0 Å². The number of thiophene rings is 1. The van der Waals surface area contributed by atoms with Gasteiger partial charge in [0, 0.05) is 43.1 Å². The average Bonchev–Trinajstić information content (AvgIpc) is 3.48. The van der Waals surface area contributed by atoms with Gasteiger partial charge in [0.15, 0.2) is 0 Å². The van der Waals surface area contributed by atoms with Crippen molar-refractivity contribution in [1.82, 2.24) is 9.97 Å². The van der Waals surface area contributed by atoms with Crippen molar-refractivity contribution in [3.8, 4) is 44.9 Å². The van der Waals surface area contributed by atoms with Gasteiger partial charge in [0.1, 0.15) is 0 Å². The van der Waals surface area contributed by atoms with E-state index in [4.69, 9.17) is 9.97 Å². The number of benzene rings is 4. The third kappa shape index (κ3) is 4.92. The maximum atomic E-state index is 5.22. The molecule has 1 aliphatic rings. The van der Waals surface area contributed by atoms with Gasteiger partial charge >= 0.3 is 0 Å². The molecule has 3 heterocycles. The van der Waals surface area contributed by atoms with Crippen LogP contribution in [0.5, 0.6) is 0 Å². The first-order chi connectivity index (χ1) is 21.7. The highest BCUT2D eigenvalue weighted by atomic mass is 32.1. The van der Waals surface area contributed by atoms with Crippen LogP contribution in [-0.2, 0) is 0 Å². The Bertz CT molecular complexity index is 2090. The van der Waals surface area contributed by atoms with Gasteiger partial charge in [-0.05, 0) is 72.2 Å². The monoisotopic (exact) mass is 586 g/mol. The van der Waals surface area contributed by atoms with Crippen molar-refractivity contribution < 1.29 is 0 Å². The van der Waals surface area contributed by atoms with Gasteiger partial charge in [0.05, 0.1) is 17.1 Å². The molecule has 7 aromatic rings. The summed E-state index contributed by atoms with van der Waals surface area (Å²) in [6.45, 7) is 2.19. The van der Waals surface area contributed by atoms with Gasteiger partial charge in [-0.2, -0.15) is 0 Å². The van der Waals surface area contributed by atoms with Crippen LogP contribution in [0.25, 0.3) is 65.1 Å². The Morgan fingerprint density at radius 3 is 2.02 bits per heavy atom. The zero-order valence-electron chi connectivity index (χ0n) is 25.0. The van der Waals surface area contributed by atoms with Crippen LogP contribution in [0.2, 0.25) is 0 Å². The summed E-state index contributed by atoms with van der Waals surface area (Å²) in [6, 6.07) is 41.6. The number of hydrogen-bond donors (Lipinski definition) is 0. The summed E-state index contributed by atoms with van der Waals surface area (Å²) < 4.78 is 2.65. The molecule has 44 heavy (non-hydrogen) atoms. The van der Waals surface area contributed by atoms with E-state index >= 15 is 0 Å². The maximum absolute atomic E-state index is 5.22. The summed E-state index contributed by atoms with van der Waals surface area (Å²) in [6.07, 6.45) is 8.66. The lowest BCUT2D eigenvalue weighted by atomic mass is 9.83. The Kier molecular flexibility index (Phi) is 7.04. The highest BCUT2D eigenvalue weighted by Crippen LogP contribution is 2.42. The quantitative estimate of drug-likeness (QED) is 0.200. The molecule has 0 unspecified atom stereocenters. The normalized spacial score (nSPS) is 13.9. The molecule has 0 atom stereocenters. The zero-order chi connectivity index (χ0) is 29.5. The molecule has 1 aliphatic carbocycles. The molecule has 0 spiro atoms. The second-order valence-corrected chi connectivity index (χ2v) is 13.1. The van der Waals surface area contributed by atoms with E-state index in [1.54, 1.807) is 0 Å². The van der Waals surface area contributed by atoms with Crippen molar-refractivity contribution in [1.29, 1.82) is 0 Å². The molecule has 1 saturated carbocycles. The molecule has 0 aliphatic heterocycles. The minimum Gasteiger partial charge on any atom is -0.256 e. The van der Waals surface area contributed by atoms with E-state index in [9.17, 15) is 0 Å². The molecular weight excluding hydrogens is 553 g/mol. The zero-order valence-corrected chi connectivity index (χ0v) is 25.8. The third-order valence-electron chi connectivity index (χ3n) is 9.34. The van der Waals surface area contributed by atoms with Crippen molar-refractivity contribution in [2.45, 2.75) is 44.9 Å². The van der Waals surface area contributed by atoms with Crippen LogP contribution in [0.1, 0.15) is 49.1 Å². The van der Waals surface area contributed by atoms with Crippen LogP contribution in [-0.4, -0.2) is 9.97 Å². The lowest BCUT2D eigenvalue weighted by molar-refractivity contribution is 0.444. The Morgan fingerprint density at radius 1 is 0.614 bits per heavy atom. The van der Waals surface area contributed by atoms with E-state index in [2.05, 4.69) is 122 Å². The summed E-state index contributed by atoms with van der Waals surface area (Å²) in [7, 11) is 0. The highest BCUT2D eigenvalue weighted by Gasteiger charge is 2.19. The molecule has 0 amide bonds. The Hall–Kier alpha value is -4.60. The molecule has 3 heteroatoms. The maximum Gasteiger partial charge on any atom is 0.0795 e. The van der Waals surface area contributed by atoms with Gasteiger partial charge in [-0.3, -0.25) is 4.98 Å². The molecule has 0 N–H and O–H groups in total. The average molecular weight is 587 g/mol. The third-order valence-corrected chi connectivity index (χ3v) is 10.5. The number of aromatic nitrogens is 2. The second-order valence-electron chi connectivity index (χ2n) is 12.1. The molecule has 1 fully saturated rings. The molecule has 0 saturated heterocycles. The Labute approximate surface area is 263 Å². The highest BCUT2D eigenvalue weighted by molar-refractivity contribution is 7.25. The van der Waals surface area contributed by atoms with Gasteiger partial charge < -0.3 is 0 Å². The van der Waals surface area contributed by atoms with Gasteiger partial charge in [-0.1, -0.05) is 110 Å². The fraction of sp³-hybridized carbons (Fsp3) is 0.171. The minimum absolute atomic E-state index is 0.686. The number of rotatable bonds is 5. The predicted octanol–water partition coefficient (Wildman–Crippen LogP) is 11.9. The Balaban J connectivity index is 1.23. The van der Waals surface area contributed by atoms with Crippen LogP contribution in [0, 0.1) is 6.92 Å². The first-order valence-corrected chi connectivity index (χ1v) is 16.6. The van der Waals surface area contributed by atoms with Crippen LogP contribution in [0.3, 0.4) is 0 Å². The van der Waals surface area contributed by atoms with Gasteiger partial charge in [0.2, 0.25) is 0 Å². The second kappa shape index (κ2) is 11.5. The molecule has 214 valence electrons. The largest absolute Gasteiger partial charge is 0.256 e. The molecule has 0 bridgehead atoms. The van der Waals surface area contributed by atoms with Crippen LogP contribution >= 0.6 is 11.3 Å². The lowest BCUT2D eigenvalue weighted by Gasteiger charge is -2.22. The number of nitrogens with zero attached hydrogens (tertiary/aromatic N) is 2. The SMILES string of the molecule is Cc1c(-c2ccccc2)cc(-c2ccccc2)nc1-c1ccc(-c2nccc3sc4ccc(C5CCCCC5)cc4c23)cc1. The summed E-state index contributed by atoms with van der Waals surface area (Å²) in [5.74, 6) is 0.686. The predicted molar refractivity (Wildman–Crippen MR) is 187 cm³/mol. The molecular formula is C41H34N2S. The fourth-order valence-corrected chi connectivity index (χ4v) is 8.08. The van der Waals surface area contributed by atoms with E-state index in [1.165, 1.54) is 74.5 Å². The standard InChI is InChI=1S/C41H34N2S/c1-27-34(29-13-7-3-8-14-29)26-36(30-15-9-4-10-16-30)43-40(27)31-17-19-32(20-18-31)41-39-35-25-33(28-11-5-2-6-12-28)21-22-37(35)44-38(39)23-24-42-41/h3-4,7-10,13-26,28H,2,5-6,11-12H2,1H3. The smallest absolute Gasteiger partial charge is 0.0795 e. The van der Waals surface area contributed by atoms with E-state index in [0.717, 1.165) is 33.8 Å². The summed E-state index contributed by atoms with van der Waals surface area (Å²) in [4.78, 5) is 10.2. The topological polar surface area (TPSA) is 25.8 Å². The van der Waals surface area contributed by atoms with Crippen molar-refractivity contribution in [2.75, 3.05) is 0 Å².